The first-order valence-electron chi connectivity index (χ1n) is 8.70. The SMILES string of the molecule is COc1cncc(OC2CCN(S(=O)(=O)c3ccc(NC(C)=O)cc3C)C2)n1. The summed E-state index contributed by atoms with van der Waals surface area (Å²) in [6.45, 7) is 3.66. The summed E-state index contributed by atoms with van der Waals surface area (Å²) in [6.07, 6.45) is 3.15. The second-order valence-electron chi connectivity index (χ2n) is 6.45. The summed E-state index contributed by atoms with van der Waals surface area (Å²) in [6, 6.07) is 4.74. The van der Waals surface area contributed by atoms with Crippen molar-refractivity contribution in [3.63, 3.8) is 0 Å². The Balaban J connectivity index is 1.72. The molecule has 0 radical (unpaired) electrons. The maximum absolute atomic E-state index is 13.0. The molecular weight excluding hydrogens is 384 g/mol. The van der Waals surface area contributed by atoms with Gasteiger partial charge in [-0.05, 0) is 37.1 Å². The minimum absolute atomic E-state index is 0.212. The van der Waals surface area contributed by atoms with Crippen molar-refractivity contribution in [1.82, 2.24) is 14.3 Å². The number of nitrogens with zero attached hydrogens (tertiary/aromatic N) is 3. The van der Waals surface area contributed by atoms with E-state index in [1.54, 1.807) is 19.1 Å². The molecule has 0 saturated carbocycles. The van der Waals surface area contributed by atoms with Gasteiger partial charge in [0.2, 0.25) is 27.7 Å². The quantitative estimate of drug-likeness (QED) is 0.775. The Morgan fingerprint density at radius 3 is 2.71 bits per heavy atom. The molecular formula is C18H22N4O5S. The lowest BCUT2D eigenvalue weighted by Gasteiger charge is -2.19. The normalized spacial score (nSPS) is 17.3. The second-order valence-corrected chi connectivity index (χ2v) is 8.36. The number of hydrogen-bond acceptors (Lipinski definition) is 7. The van der Waals surface area contributed by atoms with Crippen molar-refractivity contribution in [2.24, 2.45) is 0 Å². The monoisotopic (exact) mass is 406 g/mol. The van der Waals surface area contributed by atoms with E-state index in [2.05, 4.69) is 15.3 Å². The number of hydrogen-bond donors (Lipinski definition) is 1. The van der Waals surface area contributed by atoms with Gasteiger partial charge in [0, 0.05) is 19.2 Å². The smallest absolute Gasteiger partial charge is 0.243 e. The van der Waals surface area contributed by atoms with E-state index in [-0.39, 0.29) is 23.5 Å². The average molecular weight is 406 g/mol. The maximum Gasteiger partial charge on any atom is 0.243 e. The van der Waals surface area contributed by atoms with Crippen LogP contribution in [0.3, 0.4) is 0 Å². The van der Waals surface area contributed by atoms with E-state index in [9.17, 15) is 13.2 Å². The third-order valence-corrected chi connectivity index (χ3v) is 6.33. The lowest BCUT2D eigenvalue weighted by atomic mass is 10.2. The summed E-state index contributed by atoms with van der Waals surface area (Å²) in [4.78, 5) is 19.5. The first kappa shape index (κ1) is 20.0. The zero-order chi connectivity index (χ0) is 20.3. The Morgan fingerprint density at radius 2 is 2.04 bits per heavy atom. The summed E-state index contributed by atoms with van der Waals surface area (Å²) < 4.78 is 38.2. The molecule has 0 aliphatic carbocycles. The number of carbonyl (C=O) groups excluding carboxylic acids is 1. The van der Waals surface area contributed by atoms with Gasteiger partial charge in [0.25, 0.3) is 0 Å². The molecule has 1 N–H and O–H groups in total. The number of anilines is 1. The fourth-order valence-electron chi connectivity index (χ4n) is 3.03. The van der Waals surface area contributed by atoms with Gasteiger partial charge in [-0.15, -0.1) is 0 Å². The standard InChI is InChI=1S/C18H22N4O5S/c1-12-8-14(20-13(2)23)4-5-16(12)28(24,25)22-7-6-15(11-22)27-18-10-19-9-17(21-18)26-3/h4-5,8-10,15H,6-7,11H2,1-3H3,(H,20,23). The molecule has 1 fully saturated rings. The second kappa shape index (κ2) is 8.11. The van der Waals surface area contributed by atoms with Gasteiger partial charge >= 0.3 is 0 Å². The number of aromatic nitrogens is 2. The van der Waals surface area contributed by atoms with Crippen LogP contribution in [-0.4, -0.2) is 54.9 Å². The molecule has 1 amide bonds. The number of ether oxygens (including phenoxy) is 2. The minimum Gasteiger partial charge on any atom is -0.480 e. The van der Waals surface area contributed by atoms with E-state index in [4.69, 9.17) is 9.47 Å². The number of sulfonamides is 1. The molecule has 1 aromatic carbocycles. The van der Waals surface area contributed by atoms with Crippen LogP contribution >= 0.6 is 0 Å². The number of nitrogens with one attached hydrogen (secondary N) is 1. The molecule has 1 unspecified atom stereocenters. The zero-order valence-corrected chi connectivity index (χ0v) is 16.7. The summed E-state index contributed by atoms with van der Waals surface area (Å²) >= 11 is 0. The first-order valence-corrected chi connectivity index (χ1v) is 10.1. The van der Waals surface area contributed by atoms with E-state index in [0.717, 1.165) is 0 Å². The van der Waals surface area contributed by atoms with E-state index in [0.29, 0.717) is 36.0 Å². The number of methoxy groups -OCH3 is 1. The van der Waals surface area contributed by atoms with Crippen molar-refractivity contribution in [2.75, 3.05) is 25.5 Å². The highest BCUT2D eigenvalue weighted by Gasteiger charge is 2.34. The zero-order valence-electron chi connectivity index (χ0n) is 15.9. The van der Waals surface area contributed by atoms with Crippen LogP contribution in [0.25, 0.3) is 0 Å². The molecule has 2 heterocycles. The van der Waals surface area contributed by atoms with Crippen LogP contribution in [0.1, 0.15) is 18.9 Å². The maximum atomic E-state index is 13.0. The Labute approximate surface area is 163 Å². The molecule has 9 nitrogen and oxygen atoms in total. The highest BCUT2D eigenvalue weighted by molar-refractivity contribution is 7.89. The van der Waals surface area contributed by atoms with E-state index >= 15 is 0 Å². The molecule has 1 aliphatic rings. The Kier molecular flexibility index (Phi) is 5.80. The summed E-state index contributed by atoms with van der Waals surface area (Å²) in [7, 11) is -2.19. The number of amides is 1. The largest absolute Gasteiger partial charge is 0.480 e. The number of aryl methyl sites for hydroxylation is 1. The van der Waals surface area contributed by atoms with E-state index in [1.807, 2.05) is 0 Å². The predicted octanol–water partition coefficient (Wildman–Crippen LogP) is 1.59. The minimum atomic E-state index is -3.67. The van der Waals surface area contributed by atoms with Crippen molar-refractivity contribution in [3.05, 3.63) is 36.2 Å². The van der Waals surface area contributed by atoms with Crippen LogP contribution in [0.5, 0.6) is 11.8 Å². The predicted molar refractivity (Wildman–Crippen MR) is 102 cm³/mol. The van der Waals surface area contributed by atoms with Gasteiger partial charge in [-0.25, -0.2) is 8.42 Å². The Morgan fingerprint density at radius 1 is 1.29 bits per heavy atom. The third-order valence-electron chi connectivity index (χ3n) is 4.31. The van der Waals surface area contributed by atoms with Crippen LogP contribution in [0.15, 0.2) is 35.5 Å². The number of carbonyl (C=O) groups is 1. The van der Waals surface area contributed by atoms with E-state index < -0.39 is 10.0 Å². The van der Waals surface area contributed by atoms with Gasteiger partial charge in [0.1, 0.15) is 6.10 Å². The number of rotatable bonds is 6. The molecule has 2 aromatic rings. The van der Waals surface area contributed by atoms with Crippen molar-refractivity contribution in [1.29, 1.82) is 0 Å². The van der Waals surface area contributed by atoms with Crippen molar-refractivity contribution in [3.8, 4) is 11.8 Å². The molecule has 0 bridgehead atoms. The molecule has 3 rings (SSSR count). The van der Waals surface area contributed by atoms with Gasteiger partial charge in [0.15, 0.2) is 0 Å². The molecule has 1 atom stereocenters. The highest BCUT2D eigenvalue weighted by atomic mass is 32.2. The Hall–Kier alpha value is -2.72. The fourth-order valence-corrected chi connectivity index (χ4v) is 4.72. The lowest BCUT2D eigenvalue weighted by Crippen LogP contribution is -2.31. The molecule has 150 valence electrons. The van der Waals surface area contributed by atoms with Crippen LogP contribution in [0.2, 0.25) is 0 Å². The molecule has 1 saturated heterocycles. The molecule has 10 heteroatoms. The summed E-state index contributed by atoms with van der Waals surface area (Å²) in [5.41, 5.74) is 1.12. The molecule has 1 aromatic heterocycles. The topological polar surface area (TPSA) is 111 Å². The van der Waals surface area contributed by atoms with Gasteiger partial charge in [-0.1, -0.05) is 0 Å². The Bertz CT molecular complexity index is 980. The fraction of sp³-hybridized carbons (Fsp3) is 0.389. The summed E-state index contributed by atoms with van der Waals surface area (Å²) in [5.74, 6) is 0.407. The van der Waals surface area contributed by atoms with E-state index in [1.165, 1.54) is 36.8 Å². The van der Waals surface area contributed by atoms with Crippen LogP contribution < -0.4 is 14.8 Å². The highest BCUT2D eigenvalue weighted by Crippen LogP contribution is 2.27. The molecule has 0 spiro atoms. The first-order chi connectivity index (χ1) is 13.3. The molecule has 28 heavy (non-hydrogen) atoms. The lowest BCUT2D eigenvalue weighted by molar-refractivity contribution is -0.114. The van der Waals surface area contributed by atoms with Crippen LogP contribution in [-0.2, 0) is 14.8 Å². The van der Waals surface area contributed by atoms with Gasteiger partial charge in [0.05, 0.1) is 30.9 Å². The van der Waals surface area contributed by atoms with Gasteiger partial charge in [-0.2, -0.15) is 9.29 Å². The third kappa shape index (κ3) is 4.39. The van der Waals surface area contributed by atoms with Gasteiger partial charge < -0.3 is 14.8 Å². The van der Waals surface area contributed by atoms with Gasteiger partial charge in [-0.3, -0.25) is 9.78 Å². The number of benzene rings is 1. The van der Waals surface area contributed by atoms with Crippen molar-refractivity contribution < 1.29 is 22.7 Å². The van der Waals surface area contributed by atoms with Crippen molar-refractivity contribution in [2.45, 2.75) is 31.3 Å². The van der Waals surface area contributed by atoms with Crippen LogP contribution in [0.4, 0.5) is 5.69 Å². The van der Waals surface area contributed by atoms with Crippen molar-refractivity contribution >= 4 is 21.6 Å². The van der Waals surface area contributed by atoms with Crippen LogP contribution in [0, 0.1) is 6.92 Å². The molecule has 1 aliphatic heterocycles. The average Bonchev–Trinajstić information content (AvgIpc) is 3.10. The summed E-state index contributed by atoms with van der Waals surface area (Å²) in [5, 5.41) is 2.65.